The van der Waals surface area contributed by atoms with Gasteiger partial charge >= 0.3 is 6.09 Å². The van der Waals surface area contributed by atoms with Crippen molar-refractivity contribution in [3.05, 3.63) is 53.4 Å². The van der Waals surface area contributed by atoms with Crippen molar-refractivity contribution in [2.75, 3.05) is 32.1 Å². The van der Waals surface area contributed by atoms with Gasteiger partial charge in [0.1, 0.15) is 17.3 Å². The van der Waals surface area contributed by atoms with Gasteiger partial charge in [0.2, 0.25) is 5.91 Å². The number of morpholine rings is 1. The van der Waals surface area contributed by atoms with Gasteiger partial charge in [-0.25, -0.2) is 18.6 Å². The van der Waals surface area contributed by atoms with Gasteiger partial charge in [-0.3, -0.25) is 4.79 Å². The Labute approximate surface area is 218 Å². The zero-order valence-electron chi connectivity index (χ0n) is 21.1. The molecule has 3 aromatic rings. The first-order valence-electron chi connectivity index (χ1n) is 12.3. The fraction of sp³-hybridized carbons (Fsp3) is 0.407. The number of rotatable bonds is 6. The van der Waals surface area contributed by atoms with Gasteiger partial charge in [0.25, 0.3) is 0 Å². The molecule has 5 rings (SSSR count). The van der Waals surface area contributed by atoms with Crippen LogP contribution in [0.3, 0.4) is 0 Å². The summed E-state index contributed by atoms with van der Waals surface area (Å²) in [5, 5.41) is 11.7. The van der Waals surface area contributed by atoms with Gasteiger partial charge in [0.05, 0.1) is 54.8 Å². The second-order valence-electron chi connectivity index (χ2n) is 9.88. The average molecular weight is 524 g/mol. The van der Waals surface area contributed by atoms with E-state index >= 15 is 8.78 Å². The maximum absolute atomic E-state index is 15.4. The SMILES string of the molecule is COC(=O)N1CCO[C@@H](Cc2c(-c3c(F)cc(NC(=O)CC4(C#N)CC4)cc3F)nc3cc(C)ccn23)C1. The molecule has 1 aliphatic carbocycles. The van der Waals surface area contributed by atoms with Gasteiger partial charge in [-0.05, 0) is 49.6 Å². The van der Waals surface area contributed by atoms with Crippen LogP contribution in [0.15, 0.2) is 30.5 Å². The number of imidazole rings is 1. The summed E-state index contributed by atoms with van der Waals surface area (Å²) in [7, 11) is 1.31. The molecular weight excluding hydrogens is 496 g/mol. The smallest absolute Gasteiger partial charge is 0.409 e. The van der Waals surface area contributed by atoms with E-state index in [1.807, 2.05) is 19.1 Å². The summed E-state index contributed by atoms with van der Waals surface area (Å²) >= 11 is 0. The summed E-state index contributed by atoms with van der Waals surface area (Å²) in [6.45, 7) is 2.83. The van der Waals surface area contributed by atoms with Crippen LogP contribution >= 0.6 is 0 Å². The Bertz CT molecular complexity index is 1440. The van der Waals surface area contributed by atoms with Crippen molar-refractivity contribution >= 4 is 23.3 Å². The van der Waals surface area contributed by atoms with E-state index in [9.17, 15) is 14.9 Å². The summed E-state index contributed by atoms with van der Waals surface area (Å²) in [6.07, 6.45) is 2.36. The van der Waals surface area contributed by atoms with E-state index in [0.717, 1.165) is 17.7 Å². The van der Waals surface area contributed by atoms with Gasteiger partial charge in [0, 0.05) is 31.3 Å². The first-order chi connectivity index (χ1) is 18.2. The second-order valence-corrected chi connectivity index (χ2v) is 9.88. The third kappa shape index (κ3) is 5.04. The summed E-state index contributed by atoms with van der Waals surface area (Å²) < 4.78 is 43.4. The third-order valence-corrected chi connectivity index (χ3v) is 7.03. The fourth-order valence-electron chi connectivity index (χ4n) is 4.81. The predicted octanol–water partition coefficient (Wildman–Crippen LogP) is 4.23. The maximum Gasteiger partial charge on any atom is 0.409 e. The normalized spacial score (nSPS) is 18.2. The Kier molecular flexibility index (Phi) is 6.75. The topological polar surface area (TPSA) is 109 Å². The molecule has 11 heteroatoms. The van der Waals surface area contributed by atoms with Crippen molar-refractivity contribution in [1.29, 1.82) is 5.26 Å². The zero-order valence-corrected chi connectivity index (χ0v) is 21.1. The Morgan fingerprint density at radius 3 is 2.68 bits per heavy atom. The molecule has 198 valence electrons. The lowest BCUT2D eigenvalue weighted by Crippen LogP contribution is -2.46. The minimum atomic E-state index is -0.885. The van der Waals surface area contributed by atoms with Crippen LogP contribution in [0.5, 0.6) is 0 Å². The van der Waals surface area contributed by atoms with Crippen molar-refractivity contribution in [2.24, 2.45) is 5.41 Å². The standard InChI is InChI=1S/C27H27F2N5O4/c1-16-3-6-34-21(12-18-14-33(7-8-38-18)26(36)37-2)25(32-22(34)9-16)24-19(28)10-17(11-20(24)29)31-23(35)13-27(15-30)4-5-27/h3,6,9-11,18H,4-5,7-8,12-14H2,1-2H3,(H,31,35)/t18-/m0/s1. The molecule has 3 heterocycles. The van der Waals surface area contributed by atoms with Gasteiger partial charge < -0.3 is 24.1 Å². The lowest BCUT2D eigenvalue weighted by atomic mass is 10.0. The molecule has 1 saturated carbocycles. The van der Waals surface area contributed by atoms with Crippen LogP contribution in [0.25, 0.3) is 16.9 Å². The number of carbonyl (C=O) groups excluding carboxylic acids is 2. The van der Waals surface area contributed by atoms with Crippen molar-refractivity contribution in [2.45, 2.75) is 38.7 Å². The molecule has 2 aromatic heterocycles. The van der Waals surface area contributed by atoms with E-state index < -0.39 is 35.2 Å². The van der Waals surface area contributed by atoms with Gasteiger partial charge in [-0.15, -0.1) is 0 Å². The first kappa shape index (κ1) is 25.6. The summed E-state index contributed by atoms with van der Waals surface area (Å²) in [4.78, 5) is 30.5. The molecule has 38 heavy (non-hydrogen) atoms. The zero-order chi connectivity index (χ0) is 27.0. The summed E-state index contributed by atoms with van der Waals surface area (Å²) in [5.41, 5.74) is 1.05. The largest absolute Gasteiger partial charge is 0.453 e. The van der Waals surface area contributed by atoms with E-state index in [4.69, 9.17) is 9.47 Å². The quantitative estimate of drug-likeness (QED) is 0.518. The number of pyridine rings is 1. The van der Waals surface area contributed by atoms with Crippen LogP contribution in [-0.4, -0.2) is 59.2 Å². The Morgan fingerprint density at radius 2 is 2.03 bits per heavy atom. The molecule has 1 N–H and O–H groups in total. The number of nitrogens with zero attached hydrogens (tertiary/aromatic N) is 4. The molecule has 9 nitrogen and oxygen atoms in total. The minimum Gasteiger partial charge on any atom is -0.453 e. The van der Waals surface area contributed by atoms with Crippen molar-refractivity contribution in [3.63, 3.8) is 0 Å². The number of hydrogen-bond acceptors (Lipinski definition) is 6. The summed E-state index contributed by atoms with van der Waals surface area (Å²) in [6, 6.07) is 7.91. The molecule has 0 radical (unpaired) electrons. The number of methoxy groups -OCH3 is 1. The van der Waals surface area contributed by atoms with Crippen molar-refractivity contribution in [3.8, 4) is 17.3 Å². The number of anilines is 1. The van der Waals surface area contributed by atoms with Gasteiger partial charge in [0.15, 0.2) is 0 Å². The van der Waals surface area contributed by atoms with Crippen LogP contribution in [0.1, 0.15) is 30.5 Å². The van der Waals surface area contributed by atoms with Crippen molar-refractivity contribution < 1.29 is 27.8 Å². The van der Waals surface area contributed by atoms with Crippen LogP contribution in [0, 0.1) is 35.3 Å². The van der Waals surface area contributed by atoms with Crippen LogP contribution in [0.2, 0.25) is 0 Å². The van der Waals surface area contributed by atoms with Crippen LogP contribution < -0.4 is 5.32 Å². The van der Waals surface area contributed by atoms with Crippen LogP contribution in [0.4, 0.5) is 19.3 Å². The number of carbonyl (C=O) groups is 2. The van der Waals surface area contributed by atoms with E-state index in [1.54, 1.807) is 10.6 Å². The number of aromatic nitrogens is 2. The highest BCUT2D eigenvalue weighted by atomic mass is 19.1. The number of nitriles is 1. The number of fused-ring (bicyclic) bond motifs is 1. The highest BCUT2D eigenvalue weighted by Crippen LogP contribution is 2.48. The first-order valence-corrected chi connectivity index (χ1v) is 12.3. The van der Waals surface area contributed by atoms with Crippen molar-refractivity contribution in [1.82, 2.24) is 14.3 Å². The number of aryl methyl sites for hydroxylation is 1. The van der Waals surface area contributed by atoms with Crippen LogP contribution in [-0.2, 0) is 20.7 Å². The highest BCUT2D eigenvalue weighted by molar-refractivity contribution is 5.92. The lowest BCUT2D eigenvalue weighted by molar-refractivity contribution is -0.116. The van der Waals surface area contributed by atoms with E-state index in [1.165, 1.54) is 12.0 Å². The molecule has 1 aliphatic heterocycles. The number of nitrogens with one attached hydrogen (secondary N) is 1. The number of benzene rings is 1. The fourth-order valence-corrected chi connectivity index (χ4v) is 4.81. The Morgan fingerprint density at radius 1 is 1.29 bits per heavy atom. The highest BCUT2D eigenvalue weighted by Gasteiger charge is 2.44. The molecule has 1 aromatic carbocycles. The van der Waals surface area contributed by atoms with E-state index in [-0.39, 0.29) is 36.3 Å². The Hall–Kier alpha value is -4.04. The molecule has 1 saturated heterocycles. The molecule has 2 amide bonds. The maximum atomic E-state index is 15.4. The molecule has 2 fully saturated rings. The molecule has 2 aliphatic rings. The lowest BCUT2D eigenvalue weighted by Gasteiger charge is -2.32. The van der Waals surface area contributed by atoms with Gasteiger partial charge in [-0.2, -0.15) is 5.26 Å². The Balaban J connectivity index is 1.47. The molecule has 0 unspecified atom stereocenters. The molecule has 0 spiro atoms. The number of hydrogen-bond donors (Lipinski definition) is 1. The molecule has 0 bridgehead atoms. The predicted molar refractivity (Wildman–Crippen MR) is 133 cm³/mol. The average Bonchev–Trinajstić information content (AvgIpc) is 3.57. The van der Waals surface area contributed by atoms with E-state index in [2.05, 4.69) is 16.4 Å². The van der Waals surface area contributed by atoms with Gasteiger partial charge in [-0.1, -0.05) is 0 Å². The van der Waals surface area contributed by atoms with E-state index in [0.29, 0.717) is 37.3 Å². The number of halogens is 2. The second kappa shape index (κ2) is 10.0. The molecular formula is C27H27F2N5O4. The number of ether oxygens (including phenoxy) is 2. The summed E-state index contributed by atoms with van der Waals surface area (Å²) in [5.74, 6) is -2.24. The monoisotopic (exact) mass is 523 g/mol. The third-order valence-electron chi connectivity index (χ3n) is 7.03. The number of amides is 2. The minimum absolute atomic E-state index is 0.0194. The molecule has 1 atom stereocenters.